The standard InChI is InChI=1S/C19H26N6O/c26-18(7-6-17-15-4-1-2-5-16(15)23-24-17)22-14-8-12-25(13-9-14)19-20-10-3-11-21-19/h3,10-11,14H,1-2,4-9,12-13H2,(H,22,26)(H,23,24). The molecule has 1 fully saturated rings. The van der Waals surface area contributed by atoms with Crippen LogP contribution in [0.3, 0.4) is 0 Å². The molecule has 0 radical (unpaired) electrons. The van der Waals surface area contributed by atoms with Gasteiger partial charge in [0, 0.05) is 50.1 Å². The normalized spacial score (nSPS) is 17.8. The summed E-state index contributed by atoms with van der Waals surface area (Å²) in [5, 5.41) is 10.8. The number of nitrogens with one attached hydrogen (secondary N) is 2. The lowest BCUT2D eigenvalue weighted by Crippen LogP contribution is -2.45. The van der Waals surface area contributed by atoms with Crippen LogP contribution in [-0.2, 0) is 24.1 Å². The molecule has 2 aromatic rings. The fourth-order valence-electron chi connectivity index (χ4n) is 3.97. The van der Waals surface area contributed by atoms with Crippen LogP contribution in [0.2, 0.25) is 0 Å². The van der Waals surface area contributed by atoms with Crippen molar-refractivity contribution in [3.8, 4) is 0 Å². The first-order valence-electron chi connectivity index (χ1n) is 9.66. The van der Waals surface area contributed by atoms with Crippen LogP contribution >= 0.6 is 0 Å². The van der Waals surface area contributed by atoms with Crippen LogP contribution in [0, 0.1) is 0 Å². The fourth-order valence-corrected chi connectivity index (χ4v) is 3.97. The van der Waals surface area contributed by atoms with Crippen LogP contribution in [0.4, 0.5) is 5.95 Å². The third-order valence-electron chi connectivity index (χ3n) is 5.43. The van der Waals surface area contributed by atoms with Gasteiger partial charge in [-0.05, 0) is 50.2 Å². The summed E-state index contributed by atoms with van der Waals surface area (Å²) < 4.78 is 0. The van der Waals surface area contributed by atoms with E-state index in [2.05, 4.69) is 30.4 Å². The molecule has 7 nitrogen and oxygen atoms in total. The van der Waals surface area contributed by atoms with Gasteiger partial charge >= 0.3 is 0 Å². The van der Waals surface area contributed by atoms with E-state index in [1.165, 1.54) is 24.1 Å². The van der Waals surface area contributed by atoms with Crippen molar-refractivity contribution in [1.29, 1.82) is 0 Å². The van der Waals surface area contributed by atoms with Gasteiger partial charge in [0.1, 0.15) is 0 Å². The van der Waals surface area contributed by atoms with E-state index in [0.717, 1.165) is 56.8 Å². The number of aromatic nitrogens is 4. The van der Waals surface area contributed by atoms with Gasteiger partial charge in [0.25, 0.3) is 0 Å². The monoisotopic (exact) mass is 354 g/mol. The number of hydrogen-bond acceptors (Lipinski definition) is 5. The highest BCUT2D eigenvalue weighted by atomic mass is 16.1. The van der Waals surface area contributed by atoms with E-state index in [0.29, 0.717) is 6.42 Å². The molecular formula is C19H26N6O. The first-order chi connectivity index (χ1) is 12.8. The summed E-state index contributed by atoms with van der Waals surface area (Å²) in [7, 11) is 0. The maximum atomic E-state index is 12.3. The van der Waals surface area contributed by atoms with Gasteiger partial charge in [-0.3, -0.25) is 9.89 Å². The number of H-pyrrole nitrogens is 1. The summed E-state index contributed by atoms with van der Waals surface area (Å²) >= 11 is 0. The van der Waals surface area contributed by atoms with Gasteiger partial charge in [0.05, 0.1) is 5.69 Å². The predicted molar refractivity (Wildman–Crippen MR) is 99.0 cm³/mol. The molecule has 1 amide bonds. The average Bonchev–Trinajstić information content (AvgIpc) is 3.11. The fraction of sp³-hybridized carbons (Fsp3) is 0.579. The predicted octanol–water partition coefficient (Wildman–Crippen LogP) is 1.80. The smallest absolute Gasteiger partial charge is 0.225 e. The van der Waals surface area contributed by atoms with E-state index < -0.39 is 0 Å². The average molecular weight is 354 g/mol. The van der Waals surface area contributed by atoms with Crippen molar-refractivity contribution in [3.63, 3.8) is 0 Å². The minimum Gasteiger partial charge on any atom is -0.353 e. The molecule has 0 atom stereocenters. The zero-order valence-electron chi connectivity index (χ0n) is 15.1. The van der Waals surface area contributed by atoms with Crippen molar-refractivity contribution in [2.24, 2.45) is 0 Å². The number of fused-ring (bicyclic) bond motifs is 1. The highest BCUT2D eigenvalue weighted by Gasteiger charge is 2.22. The van der Waals surface area contributed by atoms with Crippen LogP contribution in [0.1, 0.15) is 49.1 Å². The molecule has 138 valence electrons. The van der Waals surface area contributed by atoms with Gasteiger partial charge < -0.3 is 10.2 Å². The lowest BCUT2D eigenvalue weighted by atomic mass is 9.94. The Bertz CT molecular complexity index is 736. The molecule has 1 saturated heterocycles. The van der Waals surface area contributed by atoms with Crippen LogP contribution < -0.4 is 10.2 Å². The zero-order chi connectivity index (χ0) is 17.8. The first kappa shape index (κ1) is 17.0. The Morgan fingerprint density at radius 2 is 1.96 bits per heavy atom. The van der Waals surface area contributed by atoms with E-state index in [9.17, 15) is 4.79 Å². The van der Waals surface area contributed by atoms with Crippen LogP contribution in [0.15, 0.2) is 18.5 Å². The lowest BCUT2D eigenvalue weighted by molar-refractivity contribution is -0.121. The SMILES string of the molecule is O=C(CCc1n[nH]c2c1CCCC2)NC1CCN(c2ncccn2)CC1. The van der Waals surface area contributed by atoms with Crippen molar-refractivity contribution in [1.82, 2.24) is 25.5 Å². The third kappa shape index (κ3) is 3.86. The molecule has 1 aliphatic heterocycles. The van der Waals surface area contributed by atoms with Gasteiger partial charge in [-0.25, -0.2) is 9.97 Å². The first-order valence-corrected chi connectivity index (χ1v) is 9.66. The summed E-state index contributed by atoms with van der Waals surface area (Å²) in [5.74, 6) is 0.910. The Morgan fingerprint density at radius 3 is 2.77 bits per heavy atom. The topological polar surface area (TPSA) is 86.8 Å². The molecule has 0 spiro atoms. The molecule has 2 N–H and O–H groups in total. The summed E-state index contributed by atoms with van der Waals surface area (Å²) in [4.78, 5) is 23.1. The van der Waals surface area contributed by atoms with E-state index in [-0.39, 0.29) is 11.9 Å². The Kier molecular flexibility index (Phi) is 5.13. The molecule has 0 bridgehead atoms. The van der Waals surface area contributed by atoms with E-state index in [4.69, 9.17) is 0 Å². The molecule has 4 rings (SSSR count). The van der Waals surface area contributed by atoms with Gasteiger partial charge in [0.2, 0.25) is 11.9 Å². The van der Waals surface area contributed by atoms with Crippen molar-refractivity contribution in [2.45, 2.75) is 57.4 Å². The molecule has 0 saturated carbocycles. The molecule has 26 heavy (non-hydrogen) atoms. The highest BCUT2D eigenvalue weighted by molar-refractivity contribution is 5.76. The van der Waals surface area contributed by atoms with Crippen LogP contribution in [0.25, 0.3) is 0 Å². The Balaban J connectivity index is 1.23. The molecular weight excluding hydrogens is 328 g/mol. The number of carbonyl (C=O) groups is 1. The molecule has 2 aliphatic rings. The molecule has 7 heteroatoms. The third-order valence-corrected chi connectivity index (χ3v) is 5.43. The van der Waals surface area contributed by atoms with Gasteiger partial charge in [-0.1, -0.05) is 0 Å². The van der Waals surface area contributed by atoms with Gasteiger partial charge in [-0.15, -0.1) is 0 Å². The van der Waals surface area contributed by atoms with E-state index >= 15 is 0 Å². The lowest BCUT2D eigenvalue weighted by Gasteiger charge is -2.32. The van der Waals surface area contributed by atoms with E-state index in [1.807, 2.05) is 6.07 Å². The van der Waals surface area contributed by atoms with Crippen LogP contribution in [0.5, 0.6) is 0 Å². The Hall–Kier alpha value is -2.44. The number of anilines is 1. The van der Waals surface area contributed by atoms with Crippen LogP contribution in [-0.4, -0.2) is 45.2 Å². The minimum absolute atomic E-state index is 0.131. The number of rotatable bonds is 5. The second kappa shape index (κ2) is 7.85. The molecule has 2 aromatic heterocycles. The molecule has 0 unspecified atom stereocenters. The maximum Gasteiger partial charge on any atom is 0.225 e. The van der Waals surface area contributed by atoms with Crippen molar-refractivity contribution in [3.05, 3.63) is 35.4 Å². The quantitative estimate of drug-likeness (QED) is 0.855. The number of aryl methyl sites for hydroxylation is 2. The summed E-state index contributed by atoms with van der Waals surface area (Å²) in [6.45, 7) is 1.75. The number of amides is 1. The largest absolute Gasteiger partial charge is 0.353 e. The molecule has 0 aromatic carbocycles. The van der Waals surface area contributed by atoms with Gasteiger partial charge in [0.15, 0.2) is 0 Å². The van der Waals surface area contributed by atoms with E-state index in [1.54, 1.807) is 12.4 Å². The number of carbonyl (C=O) groups excluding carboxylic acids is 1. The summed E-state index contributed by atoms with van der Waals surface area (Å²) in [5.41, 5.74) is 3.73. The number of piperidine rings is 1. The number of hydrogen-bond donors (Lipinski definition) is 2. The highest BCUT2D eigenvalue weighted by Crippen LogP contribution is 2.23. The van der Waals surface area contributed by atoms with Crippen molar-refractivity contribution < 1.29 is 4.79 Å². The van der Waals surface area contributed by atoms with Crippen molar-refractivity contribution >= 4 is 11.9 Å². The second-order valence-corrected chi connectivity index (χ2v) is 7.21. The summed E-state index contributed by atoms with van der Waals surface area (Å²) in [6.07, 6.45) is 11.3. The Morgan fingerprint density at radius 1 is 1.19 bits per heavy atom. The Labute approximate surface area is 153 Å². The molecule has 3 heterocycles. The van der Waals surface area contributed by atoms with Crippen molar-refractivity contribution in [2.75, 3.05) is 18.0 Å². The number of nitrogens with zero attached hydrogens (tertiary/aromatic N) is 4. The summed E-state index contributed by atoms with van der Waals surface area (Å²) in [6, 6.07) is 2.07. The minimum atomic E-state index is 0.131. The zero-order valence-corrected chi connectivity index (χ0v) is 15.1. The number of aromatic amines is 1. The molecule has 1 aliphatic carbocycles. The maximum absolute atomic E-state index is 12.3. The second-order valence-electron chi connectivity index (χ2n) is 7.21. The van der Waals surface area contributed by atoms with Gasteiger partial charge in [-0.2, -0.15) is 5.10 Å².